The van der Waals surface area contributed by atoms with E-state index in [0.717, 1.165) is 0 Å². The second-order valence-corrected chi connectivity index (χ2v) is 5.31. The number of halogens is 1. The van der Waals surface area contributed by atoms with Gasteiger partial charge in [-0.1, -0.05) is 11.6 Å². The van der Waals surface area contributed by atoms with Crippen molar-refractivity contribution in [1.82, 2.24) is 10.2 Å². The van der Waals surface area contributed by atoms with Crippen molar-refractivity contribution in [1.29, 1.82) is 0 Å². The van der Waals surface area contributed by atoms with Crippen LogP contribution < -0.4 is 10.6 Å². The number of nitro benzene ring substituents is 1. The van der Waals surface area contributed by atoms with Gasteiger partial charge in [-0.15, -0.1) is 0 Å². The number of nitrogens with zero attached hydrogens (tertiary/aromatic N) is 2. The first-order valence-electron chi connectivity index (χ1n) is 6.64. The summed E-state index contributed by atoms with van der Waals surface area (Å²) in [4.78, 5) is 35.5. The first-order chi connectivity index (χ1) is 10.4. The van der Waals surface area contributed by atoms with Crippen LogP contribution >= 0.6 is 11.6 Å². The van der Waals surface area contributed by atoms with E-state index in [0.29, 0.717) is 13.1 Å². The number of hydrogen-bond donors (Lipinski definition) is 2. The van der Waals surface area contributed by atoms with Gasteiger partial charge in [-0.25, -0.2) is 0 Å². The largest absolute Gasteiger partial charge is 0.354 e. The highest BCUT2D eigenvalue weighted by Crippen LogP contribution is 2.27. The molecule has 1 aliphatic rings. The molecule has 118 valence electrons. The Balaban J connectivity index is 2.09. The summed E-state index contributed by atoms with van der Waals surface area (Å²) in [6.45, 7) is 2.84. The van der Waals surface area contributed by atoms with E-state index in [9.17, 15) is 19.7 Å². The molecule has 2 rings (SSSR count). The van der Waals surface area contributed by atoms with Gasteiger partial charge in [0, 0.05) is 25.2 Å². The van der Waals surface area contributed by atoms with E-state index in [-0.39, 0.29) is 34.8 Å². The van der Waals surface area contributed by atoms with Crippen LogP contribution in [-0.4, -0.2) is 47.3 Å². The minimum Gasteiger partial charge on any atom is -0.354 e. The average Bonchev–Trinajstić information content (AvgIpc) is 2.48. The first-order valence-corrected chi connectivity index (χ1v) is 7.02. The van der Waals surface area contributed by atoms with E-state index in [1.54, 1.807) is 11.8 Å². The Bertz CT molecular complexity index is 622. The minimum atomic E-state index is -0.565. The third kappa shape index (κ3) is 3.71. The van der Waals surface area contributed by atoms with Crippen LogP contribution in [0.3, 0.4) is 0 Å². The average molecular weight is 327 g/mol. The predicted octanol–water partition coefficient (Wildman–Crippen LogP) is 1.01. The summed E-state index contributed by atoms with van der Waals surface area (Å²) in [7, 11) is 0. The molecule has 2 N–H and O–H groups in total. The SMILES string of the molecule is C[C@@H](C(=O)Nc1cc([N+](=O)[O-])ccc1Cl)N1CCNC(=O)C1. The molecule has 1 saturated heterocycles. The summed E-state index contributed by atoms with van der Waals surface area (Å²) in [5.41, 5.74) is 0.0129. The molecule has 1 fully saturated rings. The molecular weight excluding hydrogens is 312 g/mol. The molecule has 9 heteroatoms. The van der Waals surface area contributed by atoms with Gasteiger partial charge in [0.1, 0.15) is 0 Å². The topological polar surface area (TPSA) is 105 Å². The standard InChI is InChI=1S/C13H15ClN4O4/c1-8(17-5-4-15-12(19)7-17)13(20)16-11-6-9(18(21)22)2-3-10(11)14/h2-3,6,8H,4-5,7H2,1H3,(H,15,19)(H,16,20)/t8-/m0/s1. The summed E-state index contributed by atoms with van der Waals surface area (Å²) in [5.74, 6) is -0.517. The number of carbonyl (C=O) groups excluding carboxylic acids is 2. The van der Waals surface area contributed by atoms with Gasteiger partial charge >= 0.3 is 0 Å². The number of piperazine rings is 1. The van der Waals surface area contributed by atoms with Crippen LogP contribution in [-0.2, 0) is 9.59 Å². The Kier molecular flexibility index (Phi) is 4.94. The van der Waals surface area contributed by atoms with Gasteiger partial charge in [-0.3, -0.25) is 24.6 Å². The molecule has 2 amide bonds. The number of carbonyl (C=O) groups is 2. The fourth-order valence-corrected chi connectivity index (χ4v) is 2.28. The molecule has 22 heavy (non-hydrogen) atoms. The molecule has 1 aromatic carbocycles. The molecule has 1 heterocycles. The third-order valence-electron chi connectivity index (χ3n) is 3.41. The molecule has 1 atom stereocenters. The number of non-ortho nitro benzene ring substituents is 1. The van der Waals surface area contributed by atoms with Gasteiger partial charge in [0.05, 0.1) is 28.2 Å². The molecule has 1 aliphatic heterocycles. The van der Waals surface area contributed by atoms with E-state index in [4.69, 9.17) is 11.6 Å². The van der Waals surface area contributed by atoms with Gasteiger partial charge in [-0.05, 0) is 13.0 Å². The summed E-state index contributed by atoms with van der Waals surface area (Å²) in [6, 6.07) is 3.27. The Hall–Kier alpha value is -2.19. The molecule has 0 spiro atoms. The van der Waals surface area contributed by atoms with Crippen molar-refractivity contribution in [3.05, 3.63) is 33.3 Å². The molecular formula is C13H15ClN4O4. The van der Waals surface area contributed by atoms with Crippen LogP contribution in [0.25, 0.3) is 0 Å². The van der Waals surface area contributed by atoms with Crippen LogP contribution in [0.2, 0.25) is 5.02 Å². The lowest BCUT2D eigenvalue weighted by molar-refractivity contribution is -0.384. The Morgan fingerprint density at radius 1 is 1.55 bits per heavy atom. The Morgan fingerprint density at radius 2 is 2.27 bits per heavy atom. The number of amides is 2. The highest BCUT2D eigenvalue weighted by atomic mass is 35.5. The third-order valence-corrected chi connectivity index (χ3v) is 3.74. The van der Waals surface area contributed by atoms with Crippen molar-refractivity contribution >= 4 is 34.8 Å². The number of nitro groups is 1. The van der Waals surface area contributed by atoms with Crippen molar-refractivity contribution in [2.45, 2.75) is 13.0 Å². The summed E-state index contributed by atoms with van der Waals surface area (Å²) < 4.78 is 0. The highest BCUT2D eigenvalue weighted by Gasteiger charge is 2.26. The molecule has 0 unspecified atom stereocenters. The lowest BCUT2D eigenvalue weighted by Crippen LogP contribution is -2.53. The van der Waals surface area contributed by atoms with Crippen molar-refractivity contribution in [3.63, 3.8) is 0 Å². The molecule has 8 nitrogen and oxygen atoms in total. The maximum atomic E-state index is 12.2. The quantitative estimate of drug-likeness (QED) is 0.634. The highest BCUT2D eigenvalue weighted by molar-refractivity contribution is 6.33. The predicted molar refractivity (Wildman–Crippen MR) is 80.8 cm³/mol. The fraction of sp³-hybridized carbons (Fsp3) is 0.385. The number of benzene rings is 1. The van der Waals surface area contributed by atoms with Crippen molar-refractivity contribution in [2.75, 3.05) is 25.0 Å². The Labute approximate surface area is 131 Å². The summed E-state index contributed by atoms with van der Waals surface area (Å²) in [5, 5.41) is 16.2. The van der Waals surface area contributed by atoms with Gasteiger partial charge in [-0.2, -0.15) is 0 Å². The van der Waals surface area contributed by atoms with Crippen LogP contribution in [0.4, 0.5) is 11.4 Å². The zero-order chi connectivity index (χ0) is 16.3. The van der Waals surface area contributed by atoms with Crippen molar-refractivity contribution < 1.29 is 14.5 Å². The van der Waals surface area contributed by atoms with E-state index < -0.39 is 11.0 Å². The first kappa shape index (κ1) is 16.2. The van der Waals surface area contributed by atoms with E-state index in [2.05, 4.69) is 10.6 Å². The smallest absolute Gasteiger partial charge is 0.271 e. The van der Waals surface area contributed by atoms with E-state index in [1.807, 2.05) is 0 Å². The summed E-state index contributed by atoms with van der Waals surface area (Å²) >= 11 is 5.94. The lowest BCUT2D eigenvalue weighted by atomic mass is 10.2. The molecule has 0 bridgehead atoms. The van der Waals surface area contributed by atoms with Gasteiger partial charge in [0.25, 0.3) is 5.69 Å². The Morgan fingerprint density at radius 3 is 2.91 bits per heavy atom. The van der Waals surface area contributed by atoms with E-state index >= 15 is 0 Å². The summed E-state index contributed by atoms with van der Waals surface area (Å²) in [6.07, 6.45) is 0. The zero-order valence-corrected chi connectivity index (χ0v) is 12.6. The monoisotopic (exact) mass is 326 g/mol. The maximum absolute atomic E-state index is 12.2. The van der Waals surface area contributed by atoms with Crippen LogP contribution in [0.5, 0.6) is 0 Å². The fourth-order valence-electron chi connectivity index (χ4n) is 2.11. The van der Waals surface area contributed by atoms with Gasteiger partial charge in [0.15, 0.2) is 0 Å². The normalized spacial score (nSPS) is 16.7. The van der Waals surface area contributed by atoms with Crippen molar-refractivity contribution in [2.24, 2.45) is 0 Å². The number of nitrogens with one attached hydrogen (secondary N) is 2. The zero-order valence-electron chi connectivity index (χ0n) is 11.8. The maximum Gasteiger partial charge on any atom is 0.271 e. The molecule has 0 radical (unpaired) electrons. The second kappa shape index (κ2) is 6.71. The second-order valence-electron chi connectivity index (χ2n) is 4.91. The minimum absolute atomic E-state index is 0.136. The van der Waals surface area contributed by atoms with Gasteiger partial charge in [0.2, 0.25) is 11.8 Å². The van der Waals surface area contributed by atoms with Crippen LogP contribution in [0.1, 0.15) is 6.92 Å². The number of anilines is 1. The van der Waals surface area contributed by atoms with E-state index in [1.165, 1.54) is 18.2 Å². The van der Waals surface area contributed by atoms with Crippen LogP contribution in [0.15, 0.2) is 18.2 Å². The molecule has 1 aromatic rings. The number of rotatable bonds is 4. The lowest BCUT2D eigenvalue weighted by Gasteiger charge is -2.31. The van der Waals surface area contributed by atoms with Crippen molar-refractivity contribution in [3.8, 4) is 0 Å². The van der Waals surface area contributed by atoms with Gasteiger partial charge < -0.3 is 10.6 Å². The molecule has 0 saturated carbocycles. The van der Waals surface area contributed by atoms with Crippen LogP contribution in [0, 0.1) is 10.1 Å². The molecule has 0 aromatic heterocycles. The molecule has 0 aliphatic carbocycles. The number of hydrogen-bond acceptors (Lipinski definition) is 5.